The Balaban J connectivity index is 2.18. The number of carboxylic acids is 1. The summed E-state index contributed by atoms with van der Waals surface area (Å²) in [6, 6.07) is 5.91. The standard InChI is InChI=1S/C13H12N4O3/c14-4-2-6-17(8-10-3-1-5-15-7-10)13-16-11(9-20-13)12(18)19/h1,3,5,7,9H,2,6,8H2,(H,18,19). The number of carbonyl (C=O) groups is 1. The smallest absolute Gasteiger partial charge is 0.357 e. The lowest BCUT2D eigenvalue weighted by molar-refractivity contribution is 0.0690. The molecule has 0 bridgehead atoms. The average Bonchev–Trinajstić information content (AvgIpc) is 2.94. The van der Waals surface area contributed by atoms with E-state index in [2.05, 4.69) is 9.97 Å². The van der Waals surface area contributed by atoms with Crippen LogP contribution in [-0.2, 0) is 6.54 Å². The third kappa shape index (κ3) is 3.32. The van der Waals surface area contributed by atoms with Crippen molar-refractivity contribution >= 4 is 12.0 Å². The molecule has 7 heteroatoms. The molecule has 2 rings (SSSR count). The SMILES string of the molecule is N#CCCN(Cc1cccnc1)c1nc(C(=O)O)co1. The maximum Gasteiger partial charge on any atom is 0.357 e. The molecule has 0 saturated carbocycles. The van der Waals surface area contributed by atoms with E-state index in [1.165, 1.54) is 0 Å². The van der Waals surface area contributed by atoms with Crippen LogP contribution in [0.15, 0.2) is 35.2 Å². The van der Waals surface area contributed by atoms with Crippen molar-refractivity contribution in [2.45, 2.75) is 13.0 Å². The van der Waals surface area contributed by atoms with E-state index >= 15 is 0 Å². The van der Waals surface area contributed by atoms with Gasteiger partial charge in [-0.25, -0.2) is 4.79 Å². The zero-order chi connectivity index (χ0) is 14.4. The van der Waals surface area contributed by atoms with Gasteiger partial charge in [0.25, 0.3) is 6.01 Å². The summed E-state index contributed by atoms with van der Waals surface area (Å²) in [6.07, 6.45) is 4.72. The highest BCUT2D eigenvalue weighted by Gasteiger charge is 2.16. The maximum atomic E-state index is 10.8. The van der Waals surface area contributed by atoms with Crippen LogP contribution in [-0.4, -0.2) is 27.6 Å². The first kappa shape index (κ1) is 13.5. The summed E-state index contributed by atoms with van der Waals surface area (Å²) in [5, 5.41) is 17.5. The van der Waals surface area contributed by atoms with Gasteiger partial charge in [-0.2, -0.15) is 10.2 Å². The van der Waals surface area contributed by atoms with Crippen molar-refractivity contribution in [2.75, 3.05) is 11.4 Å². The molecule has 0 aliphatic carbocycles. The fourth-order valence-electron chi connectivity index (χ4n) is 1.65. The number of hydrogen-bond acceptors (Lipinski definition) is 6. The van der Waals surface area contributed by atoms with E-state index < -0.39 is 5.97 Å². The van der Waals surface area contributed by atoms with Gasteiger partial charge in [0.2, 0.25) is 0 Å². The van der Waals surface area contributed by atoms with Gasteiger partial charge in [-0.3, -0.25) is 4.98 Å². The number of hydrogen-bond donors (Lipinski definition) is 1. The van der Waals surface area contributed by atoms with Crippen LogP contribution in [0.1, 0.15) is 22.5 Å². The van der Waals surface area contributed by atoms with Crippen molar-refractivity contribution in [1.29, 1.82) is 5.26 Å². The summed E-state index contributed by atoms with van der Waals surface area (Å²) >= 11 is 0. The number of pyridine rings is 1. The van der Waals surface area contributed by atoms with Gasteiger partial charge in [-0.1, -0.05) is 6.07 Å². The van der Waals surface area contributed by atoms with E-state index in [1.807, 2.05) is 12.1 Å². The second-order valence-electron chi connectivity index (χ2n) is 4.01. The Labute approximate surface area is 115 Å². The minimum Gasteiger partial charge on any atom is -0.476 e. The normalized spacial score (nSPS) is 9.95. The monoisotopic (exact) mass is 272 g/mol. The zero-order valence-electron chi connectivity index (χ0n) is 10.6. The molecular formula is C13H12N4O3. The molecule has 2 aromatic heterocycles. The summed E-state index contributed by atoms with van der Waals surface area (Å²) in [7, 11) is 0. The molecular weight excluding hydrogens is 260 g/mol. The number of aromatic carboxylic acids is 1. The molecule has 0 atom stereocenters. The van der Waals surface area contributed by atoms with Crippen LogP contribution in [0.3, 0.4) is 0 Å². The van der Waals surface area contributed by atoms with Crippen LogP contribution < -0.4 is 4.90 Å². The quantitative estimate of drug-likeness (QED) is 0.853. The van der Waals surface area contributed by atoms with Crippen molar-refractivity contribution < 1.29 is 14.3 Å². The molecule has 0 aliphatic heterocycles. The Kier molecular flexibility index (Phi) is 4.29. The van der Waals surface area contributed by atoms with Gasteiger partial charge in [0.1, 0.15) is 6.26 Å². The van der Waals surface area contributed by atoms with Gasteiger partial charge in [-0.05, 0) is 11.6 Å². The lowest BCUT2D eigenvalue weighted by atomic mass is 10.2. The largest absolute Gasteiger partial charge is 0.476 e. The molecule has 2 heterocycles. The summed E-state index contributed by atoms with van der Waals surface area (Å²) < 4.78 is 5.16. The van der Waals surface area contributed by atoms with E-state index in [0.29, 0.717) is 13.1 Å². The third-order valence-electron chi connectivity index (χ3n) is 2.57. The van der Waals surface area contributed by atoms with Crippen LogP contribution in [0.25, 0.3) is 0 Å². The molecule has 102 valence electrons. The second kappa shape index (κ2) is 6.33. The number of carboxylic acid groups (broad SMARTS) is 1. The van der Waals surface area contributed by atoms with Gasteiger partial charge in [0.05, 0.1) is 12.5 Å². The van der Waals surface area contributed by atoms with Crippen molar-refractivity contribution in [2.24, 2.45) is 0 Å². The Hall–Kier alpha value is -2.88. The molecule has 2 aromatic rings. The maximum absolute atomic E-state index is 10.8. The number of rotatable bonds is 6. The van der Waals surface area contributed by atoms with E-state index in [1.54, 1.807) is 23.4 Å². The van der Waals surface area contributed by atoms with Crippen LogP contribution >= 0.6 is 0 Å². The Morgan fingerprint density at radius 2 is 2.40 bits per heavy atom. The molecule has 0 aromatic carbocycles. The van der Waals surface area contributed by atoms with Gasteiger partial charge >= 0.3 is 5.97 Å². The number of aromatic nitrogens is 2. The van der Waals surface area contributed by atoms with E-state index in [4.69, 9.17) is 14.8 Å². The fraction of sp³-hybridized carbons (Fsp3) is 0.231. The zero-order valence-corrected chi connectivity index (χ0v) is 10.6. The number of nitrogens with zero attached hydrogens (tertiary/aromatic N) is 4. The first-order valence-electron chi connectivity index (χ1n) is 5.90. The predicted molar refractivity (Wildman–Crippen MR) is 69.0 cm³/mol. The van der Waals surface area contributed by atoms with Gasteiger partial charge in [0, 0.05) is 25.5 Å². The van der Waals surface area contributed by atoms with Crippen molar-refractivity contribution in [3.05, 3.63) is 42.0 Å². The molecule has 20 heavy (non-hydrogen) atoms. The van der Waals surface area contributed by atoms with Crippen molar-refractivity contribution in [1.82, 2.24) is 9.97 Å². The van der Waals surface area contributed by atoms with Crippen molar-refractivity contribution in [3.63, 3.8) is 0 Å². The minimum atomic E-state index is -1.15. The topological polar surface area (TPSA) is 103 Å². The Morgan fingerprint density at radius 3 is 3.00 bits per heavy atom. The highest BCUT2D eigenvalue weighted by molar-refractivity contribution is 5.85. The van der Waals surface area contributed by atoms with Crippen LogP contribution in [0.4, 0.5) is 6.01 Å². The third-order valence-corrected chi connectivity index (χ3v) is 2.57. The molecule has 0 fully saturated rings. The molecule has 0 spiro atoms. The van der Waals surface area contributed by atoms with Gasteiger partial charge in [0.15, 0.2) is 5.69 Å². The summed E-state index contributed by atoms with van der Waals surface area (Å²) in [4.78, 5) is 20.4. The summed E-state index contributed by atoms with van der Waals surface area (Å²) in [5.74, 6) is -1.15. The molecule has 7 nitrogen and oxygen atoms in total. The summed E-state index contributed by atoms with van der Waals surface area (Å²) in [5.41, 5.74) is 0.758. The molecule has 0 saturated heterocycles. The Bertz CT molecular complexity index is 618. The Morgan fingerprint density at radius 1 is 1.55 bits per heavy atom. The number of nitriles is 1. The number of oxazole rings is 1. The van der Waals surface area contributed by atoms with Gasteiger partial charge < -0.3 is 14.4 Å². The number of anilines is 1. The minimum absolute atomic E-state index is 0.159. The summed E-state index contributed by atoms with van der Waals surface area (Å²) in [6.45, 7) is 0.833. The molecule has 1 N–H and O–H groups in total. The van der Waals surface area contributed by atoms with Crippen LogP contribution in [0.5, 0.6) is 0 Å². The average molecular weight is 272 g/mol. The van der Waals surface area contributed by atoms with E-state index in [9.17, 15) is 4.79 Å². The van der Waals surface area contributed by atoms with E-state index in [-0.39, 0.29) is 18.1 Å². The van der Waals surface area contributed by atoms with Crippen molar-refractivity contribution in [3.8, 4) is 6.07 Å². The van der Waals surface area contributed by atoms with E-state index in [0.717, 1.165) is 11.8 Å². The fourth-order valence-corrected chi connectivity index (χ4v) is 1.65. The van der Waals surface area contributed by atoms with Gasteiger partial charge in [-0.15, -0.1) is 0 Å². The predicted octanol–water partition coefficient (Wildman–Crippen LogP) is 1.69. The molecule has 0 unspecified atom stereocenters. The lowest BCUT2D eigenvalue weighted by Gasteiger charge is -2.18. The first-order valence-corrected chi connectivity index (χ1v) is 5.90. The van der Waals surface area contributed by atoms with Crippen LogP contribution in [0.2, 0.25) is 0 Å². The lowest BCUT2D eigenvalue weighted by Crippen LogP contribution is -2.24. The van der Waals surface area contributed by atoms with Crippen LogP contribution in [0, 0.1) is 11.3 Å². The highest BCUT2D eigenvalue weighted by atomic mass is 16.4. The molecule has 0 aliphatic rings. The first-order chi connectivity index (χ1) is 9.70. The molecule has 0 amide bonds. The highest BCUT2D eigenvalue weighted by Crippen LogP contribution is 2.17. The molecule has 0 radical (unpaired) electrons. The second-order valence-corrected chi connectivity index (χ2v) is 4.01.